The fourth-order valence-corrected chi connectivity index (χ4v) is 3.82. The van der Waals surface area contributed by atoms with Crippen LogP contribution in [-0.4, -0.2) is 75.0 Å². The van der Waals surface area contributed by atoms with Crippen molar-refractivity contribution in [3.8, 4) is 5.75 Å². The van der Waals surface area contributed by atoms with Gasteiger partial charge in [0.05, 0.1) is 32.6 Å². The van der Waals surface area contributed by atoms with Crippen LogP contribution in [0, 0.1) is 0 Å². The molecule has 0 bridgehead atoms. The zero-order valence-electron chi connectivity index (χ0n) is 18.5. The fraction of sp³-hybridized carbons (Fsp3) is 0.381. The van der Waals surface area contributed by atoms with Gasteiger partial charge in [0.25, 0.3) is 0 Å². The number of amides is 1. The van der Waals surface area contributed by atoms with Crippen LogP contribution in [0.1, 0.15) is 11.8 Å². The molecule has 1 aliphatic heterocycles. The van der Waals surface area contributed by atoms with Crippen LogP contribution in [0.25, 0.3) is 11.2 Å². The molecule has 3 aromatic rings. The lowest BCUT2D eigenvalue weighted by atomic mass is 10.0. The first-order valence-corrected chi connectivity index (χ1v) is 10.4. The van der Waals surface area contributed by atoms with E-state index in [1.165, 1.54) is 24.3 Å². The fourth-order valence-electron chi connectivity index (χ4n) is 3.82. The number of carbonyl (C=O) groups is 2. The third-order valence-corrected chi connectivity index (χ3v) is 5.63. The number of fused-ring (bicyclic) bond motifs is 1. The Labute approximate surface area is 194 Å². The van der Waals surface area contributed by atoms with E-state index in [1.807, 2.05) is 0 Å². The van der Waals surface area contributed by atoms with Crippen molar-refractivity contribution in [3.63, 3.8) is 0 Å². The van der Waals surface area contributed by atoms with E-state index in [0.29, 0.717) is 16.9 Å². The number of imidazole rings is 1. The molecule has 34 heavy (non-hydrogen) atoms. The molecular weight excluding hydrogens is 446 g/mol. The second kappa shape index (κ2) is 9.59. The van der Waals surface area contributed by atoms with E-state index in [2.05, 4.69) is 20.3 Å². The van der Waals surface area contributed by atoms with Gasteiger partial charge in [0.1, 0.15) is 23.7 Å². The van der Waals surface area contributed by atoms with Crippen molar-refractivity contribution < 1.29 is 28.9 Å². The number of rotatable bonds is 7. The lowest BCUT2D eigenvalue weighted by Gasteiger charge is -2.22. The number of ether oxygens (including phenoxy) is 3. The standard InChI is InChI=1S/C21H25N7O6/c1-32-11-5-3-10(4-6-11)7-12(22)19(30)27-13-15(29)20(34-16(13)21(31)33-2)28-9-26-14-17(23)24-8-25-18(14)28/h3-6,8-9,12-13,15-16,20,29H,7,22H2,1-2H3,(H,27,30)(H2,23,24,25). The zero-order chi connectivity index (χ0) is 24.4. The monoisotopic (exact) mass is 471 g/mol. The predicted octanol–water partition coefficient (Wildman–Crippen LogP) is -1.10. The number of methoxy groups -OCH3 is 2. The van der Waals surface area contributed by atoms with Crippen LogP contribution in [0.5, 0.6) is 5.75 Å². The summed E-state index contributed by atoms with van der Waals surface area (Å²) in [6, 6.07) is 5.04. The van der Waals surface area contributed by atoms with E-state index in [4.69, 9.17) is 25.7 Å². The highest BCUT2D eigenvalue weighted by atomic mass is 16.6. The topological polar surface area (TPSA) is 190 Å². The normalized spacial score (nSPS) is 22.9. The number of nitrogens with two attached hydrogens (primary N) is 2. The molecular formula is C21H25N7O6. The lowest BCUT2D eigenvalue weighted by Crippen LogP contribution is -2.54. The summed E-state index contributed by atoms with van der Waals surface area (Å²) in [5.74, 6) is -0.511. The van der Waals surface area contributed by atoms with Gasteiger partial charge in [0.2, 0.25) is 5.91 Å². The number of hydrogen-bond acceptors (Lipinski definition) is 11. The molecule has 2 aromatic heterocycles. The Bertz CT molecular complexity index is 1180. The second-order valence-corrected chi connectivity index (χ2v) is 7.74. The average Bonchev–Trinajstić information content (AvgIpc) is 3.41. The zero-order valence-corrected chi connectivity index (χ0v) is 18.5. The summed E-state index contributed by atoms with van der Waals surface area (Å²) in [6.45, 7) is 0. The second-order valence-electron chi connectivity index (χ2n) is 7.74. The van der Waals surface area contributed by atoms with Gasteiger partial charge in [-0.3, -0.25) is 9.36 Å². The molecule has 0 spiro atoms. The smallest absolute Gasteiger partial charge is 0.337 e. The maximum atomic E-state index is 12.8. The lowest BCUT2D eigenvalue weighted by molar-refractivity contribution is -0.156. The summed E-state index contributed by atoms with van der Waals surface area (Å²) in [6.07, 6.45) is -0.918. The van der Waals surface area contributed by atoms with Gasteiger partial charge >= 0.3 is 5.97 Å². The van der Waals surface area contributed by atoms with Crippen molar-refractivity contribution in [1.82, 2.24) is 24.8 Å². The van der Waals surface area contributed by atoms with Gasteiger partial charge in [-0.1, -0.05) is 12.1 Å². The number of aliphatic hydroxyl groups excluding tert-OH is 1. The number of nitrogen functional groups attached to an aromatic ring is 1. The molecule has 5 unspecified atom stereocenters. The Morgan fingerprint density at radius 3 is 2.65 bits per heavy atom. The molecule has 180 valence electrons. The van der Waals surface area contributed by atoms with Gasteiger partial charge in [-0.25, -0.2) is 19.7 Å². The van der Waals surface area contributed by atoms with Crippen molar-refractivity contribution in [2.45, 2.75) is 36.9 Å². The first-order valence-electron chi connectivity index (χ1n) is 10.4. The molecule has 1 aromatic carbocycles. The summed E-state index contributed by atoms with van der Waals surface area (Å²) in [7, 11) is 2.74. The molecule has 0 saturated carbocycles. The van der Waals surface area contributed by atoms with Crippen LogP contribution < -0.4 is 21.5 Å². The molecule has 1 saturated heterocycles. The number of aliphatic hydroxyl groups is 1. The molecule has 5 atom stereocenters. The Kier molecular flexibility index (Phi) is 6.58. The van der Waals surface area contributed by atoms with E-state index in [0.717, 1.165) is 5.56 Å². The van der Waals surface area contributed by atoms with Crippen LogP contribution in [0.2, 0.25) is 0 Å². The summed E-state index contributed by atoms with van der Waals surface area (Å²) in [4.78, 5) is 37.4. The summed E-state index contributed by atoms with van der Waals surface area (Å²) < 4.78 is 17.1. The number of nitrogens with one attached hydrogen (secondary N) is 1. The Morgan fingerprint density at radius 1 is 1.24 bits per heavy atom. The van der Waals surface area contributed by atoms with E-state index in [-0.39, 0.29) is 12.2 Å². The minimum absolute atomic E-state index is 0.148. The predicted molar refractivity (Wildman–Crippen MR) is 118 cm³/mol. The van der Waals surface area contributed by atoms with Crippen LogP contribution in [0.15, 0.2) is 36.9 Å². The Morgan fingerprint density at radius 2 is 1.97 bits per heavy atom. The number of benzene rings is 1. The van der Waals surface area contributed by atoms with Crippen molar-refractivity contribution in [1.29, 1.82) is 0 Å². The van der Waals surface area contributed by atoms with E-state index in [9.17, 15) is 14.7 Å². The average molecular weight is 471 g/mol. The third-order valence-electron chi connectivity index (χ3n) is 5.63. The summed E-state index contributed by atoms with van der Waals surface area (Å²) in [5, 5.41) is 13.6. The maximum absolute atomic E-state index is 12.8. The number of nitrogens with zero attached hydrogens (tertiary/aromatic N) is 4. The highest BCUT2D eigenvalue weighted by Crippen LogP contribution is 2.32. The van der Waals surface area contributed by atoms with E-state index >= 15 is 0 Å². The highest BCUT2D eigenvalue weighted by Gasteiger charge is 2.50. The molecule has 6 N–H and O–H groups in total. The van der Waals surface area contributed by atoms with Crippen molar-refractivity contribution in [2.24, 2.45) is 5.73 Å². The number of esters is 1. The Balaban J connectivity index is 1.53. The number of aromatic nitrogens is 4. The molecule has 13 heteroatoms. The van der Waals surface area contributed by atoms with E-state index in [1.54, 1.807) is 31.4 Å². The summed E-state index contributed by atoms with van der Waals surface area (Å²) >= 11 is 0. The van der Waals surface area contributed by atoms with Crippen molar-refractivity contribution in [2.75, 3.05) is 20.0 Å². The van der Waals surface area contributed by atoms with Gasteiger partial charge in [-0.2, -0.15) is 0 Å². The molecule has 0 radical (unpaired) electrons. The molecule has 1 fully saturated rings. The van der Waals surface area contributed by atoms with Crippen molar-refractivity contribution in [3.05, 3.63) is 42.5 Å². The SMILES string of the molecule is COC(=O)C1OC(n2cnc3c(N)ncnc32)C(O)C1NC(=O)C(N)Cc1ccc(OC)cc1. The minimum Gasteiger partial charge on any atom is -0.497 e. The van der Waals surface area contributed by atoms with Crippen LogP contribution >= 0.6 is 0 Å². The third kappa shape index (κ3) is 4.35. The highest BCUT2D eigenvalue weighted by molar-refractivity contribution is 5.84. The van der Waals surface area contributed by atoms with Crippen LogP contribution in [-0.2, 0) is 25.5 Å². The molecule has 0 aliphatic carbocycles. The number of anilines is 1. The Hall–Kier alpha value is -3.81. The van der Waals surface area contributed by atoms with Crippen LogP contribution in [0.3, 0.4) is 0 Å². The molecule has 1 aliphatic rings. The number of hydrogen-bond donors (Lipinski definition) is 4. The maximum Gasteiger partial charge on any atom is 0.337 e. The van der Waals surface area contributed by atoms with Gasteiger partial charge in [-0.05, 0) is 24.1 Å². The van der Waals surface area contributed by atoms with Gasteiger partial charge in [-0.15, -0.1) is 0 Å². The molecule has 13 nitrogen and oxygen atoms in total. The van der Waals surface area contributed by atoms with Gasteiger partial charge in [0, 0.05) is 0 Å². The first kappa shape index (κ1) is 23.4. The quantitative estimate of drug-likeness (QED) is 0.306. The van der Waals surface area contributed by atoms with E-state index < -0.39 is 42.4 Å². The minimum atomic E-state index is -1.35. The largest absolute Gasteiger partial charge is 0.497 e. The molecule has 3 heterocycles. The first-order chi connectivity index (χ1) is 16.3. The van der Waals surface area contributed by atoms with Gasteiger partial charge < -0.3 is 36.1 Å². The summed E-state index contributed by atoms with van der Waals surface area (Å²) in [5.41, 5.74) is 13.3. The van der Waals surface area contributed by atoms with Crippen molar-refractivity contribution >= 4 is 28.9 Å². The molecule has 4 rings (SSSR count). The van der Waals surface area contributed by atoms with Gasteiger partial charge in [0.15, 0.2) is 23.8 Å². The van der Waals surface area contributed by atoms with Crippen LogP contribution in [0.4, 0.5) is 5.82 Å². The molecule has 1 amide bonds. The number of carbonyl (C=O) groups excluding carboxylic acids is 2.